The topological polar surface area (TPSA) is 103 Å². The molecule has 178 valence electrons. The van der Waals surface area contributed by atoms with Crippen LogP contribution in [0, 0.1) is 10.1 Å². The first-order valence-electron chi connectivity index (χ1n) is 11.2. The predicted octanol–water partition coefficient (Wildman–Crippen LogP) is 6.04. The average Bonchev–Trinajstić information content (AvgIpc) is 3.26. The summed E-state index contributed by atoms with van der Waals surface area (Å²) in [6.45, 7) is 1.81. The number of nitro benzene ring substituents is 1. The molecule has 8 heteroatoms. The van der Waals surface area contributed by atoms with E-state index in [0.717, 1.165) is 22.0 Å². The largest absolute Gasteiger partial charge is 0.497 e. The molecule has 5 rings (SSSR count). The van der Waals surface area contributed by atoms with E-state index in [0.29, 0.717) is 28.4 Å². The summed E-state index contributed by atoms with van der Waals surface area (Å²) in [5, 5.41) is 16.3. The van der Waals surface area contributed by atoms with E-state index in [9.17, 15) is 14.9 Å². The number of non-ortho nitro benzene ring substituents is 1. The predicted molar refractivity (Wildman–Crippen MR) is 141 cm³/mol. The Hall–Kier alpha value is -4.98. The Kier molecular flexibility index (Phi) is 5.92. The maximum atomic E-state index is 13.7. The van der Waals surface area contributed by atoms with Gasteiger partial charge in [-0.1, -0.05) is 36.4 Å². The number of H-pyrrole nitrogens is 1. The Labute approximate surface area is 206 Å². The number of hydrogen-bond acceptors (Lipinski definition) is 5. The molecule has 0 saturated heterocycles. The molecule has 0 aliphatic carbocycles. The number of methoxy groups -OCH3 is 1. The van der Waals surface area contributed by atoms with Gasteiger partial charge in [-0.2, -0.15) is 0 Å². The summed E-state index contributed by atoms with van der Waals surface area (Å²) in [5.74, 6) is 0.693. The zero-order valence-corrected chi connectivity index (χ0v) is 19.6. The van der Waals surface area contributed by atoms with Crippen molar-refractivity contribution >= 4 is 27.9 Å². The van der Waals surface area contributed by atoms with Gasteiger partial charge >= 0.3 is 0 Å². The van der Waals surface area contributed by atoms with Crippen molar-refractivity contribution in [2.24, 2.45) is 4.99 Å². The number of nitro groups is 1. The van der Waals surface area contributed by atoms with Crippen molar-refractivity contribution in [3.05, 3.63) is 117 Å². The molecular formula is C28H22N4O4. The first kappa shape index (κ1) is 22.8. The zero-order valence-electron chi connectivity index (χ0n) is 19.6. The summed E-state index contributed by atoms with van der Waals surface area (Å²) in [6.07, 6.45) is 0. The van der Waals surface area contributed by atoms with Gasteiger partial charge in [-0.25, -0.2) is 4.68 Å². The number of nitrogens with one attached hydrogen (secondary N) is 1. The molecule has 8 nitrogen and oxygen atoms in total. The fourth-order valence-corrected chi connectivity index (χ4v) is 4.19. The number of aromatic nitrogens is 2. The minimum atomic E-state index is -0.476. The molecule has 0 fully saturated rings. The minimum Gasteiger partial charge on any atom is -0.497 e. The summed E-state index contributed by atoms with van der Waals surface area (Å²) in [4.78, 5) is 29.1. The molecule has 4 aromatic carbocycles. The Balaban J connectivity index is 1.69. The average molecular weight is 479 g/mol. The SMILES string of the molecule is COc1ccc(-c2[nH]n(-c3ccc([N+](=O)[O-])cc3)c(=O)c2C(C)=Nc2cccc3ccccc23)cc1. The van der Waals surface area contributed by atoms with Crippen LogP contribution in [0.25, 0.3) is 27.7 Å². The van der Waals surface area contributed by atoms with Crippen molar-refractivity contribution in [3.8, 4) is 22.7 Å². The van der Waals surface area contributed by atoms with Crippen molar-refractivity contribution in [2.45, 2.75) is 6.92 Å². The van der Waals surface area contributed by atoms with Gasteiger partial charge in [0.25, 0.3) is 11.2 Å². The smallest absolute Gasteiger partial charge is 0.280 e. The van der Waals surface area contributed by atoms with E-state index >= 15 is 0 Å². The third-order valence-corrected chi connectivity index (χ3v) is 6.00. The maximum Gasteiger partial charge on any atom is 0.280 e. The molecule has 0 bridgehead atoms. The lowest BCUT2D eigenvalue weighted by molar-refractivity contribution is -0.384. The second-order valence-corrected chi connectivity index (χ2v) is 8.20. The summed E-state index contributed by atoms with van der Waals surface area (Å²) in [6, 6.07) is 27.0. The van der Waals surface area contributed by atoms with Crippen molar-refractivity contribution < 1.29 is 9.66 Å². The molecule has 1 aromatic heterocycles. The van der Waals surface area contributed by atoms with E-state index in [2.05, 4.69) is 5.10 Å². The minimum absolute atomic E-state index is 0.0531. The first-order valence-corrected chi connectivity index (χ1v) is 11.2. The van der Waals surface area contributed by atoms with Gasteiger partial charge in [0, 0.05) is 23.1 Å². The van der Waals surface area contributed by atoms with E-state index in [4.69, 9.17) is 9.73 Å². The Bertz CT molecular complexity index is 1660. The van der Waals surface area contributed by atoms with E-state index in [1.54, 1.807) is 14.0 Å². The van der Waals surface area contributed by atoms with Crippen LogP contribution in [0.5, 0.6) is 5.75 Å². The molecule has 5 aromatic rings. The van der Waals surface area contributed by atoms with Crippen LogP contribution in [0.1, 0.15) is 12.5 Å². The van der Waals surface area contributed by atoms with Gasteiger partial charge < -0.3 is 4.74 Å². The Morgan fingerprint density at radius 1 is 0.944 bits per heavy atom. The molecule has 1 heterocycles. The highest BCUT2D eigenvalue weighted by atomic mass is 16.6. The molecule has 0 unspecified atom stereocenters. The van der Waals surface area contributed by atoms with Crippen LogP contribution in [-0.2, 0) is 0 Å². The van der Waals surface area contributed by atoms with Gasteiger partial charge in [-0.15, -0.1) is 0 Å². The molecule has 0 saturated carbocycles. The molecule has 0 spiro atoms. The van der Waals surface area contributed by atoms with Crippen molar-refractivity contribution in [2.75, 3.05) is 7.11 Å². The quantitative estimate of drug-likeness (QED) is 0.182. The van der Waals surface area contributed by atoms with Crippen LogP contribution in [0.4, 0.5) is 11.4 Å². The zero-order chi connectivity index (χ0) is 25.2. The van der Waals surface area contributed by atoms with Crippen LogP contribution in [0.3, 0.4) is 0 Å². The number of benzene rings is 4. The second-order valence-electron chi connectivity index (χ2n) is 8.20. The number of fused-ring (bicyclic) bond motifs is 1. The molecule has 0 aliphatic rings. The number of aliphatic imine (C=N–C) groups is 1. The van der Waals surface area contributed by atoms with E-state index in [1.165, 1.54) is 28.9 Å². The summed E-state index contributed by atoms with van der Waals surface area (Å²) >= 11 is 0. The highest BCUT2D eigenvalue weighted by Gasteiger charge is 2.20. The number of aromatic amines is 1. The fourth-order valence-electron chi connectivity index (χ4n) is 4.19. The molecule has 36 heavy (non-hydrogen) atoms. The van der Waals surface area contributed by atoms with Gasteiger partial charge in [0.05, 0.1) is 40.4 Å². The van der Waals surface area contributed by atoms with Crippen molar-refractivity contribution in [1.82, 2.24) is 9.78 Å². The number of rotatable bonds is 6. The van der Waals surface area contributed by atoms with Gasteiger partial charge in [0.15, 0.2) is 0 Å². The molecular weight excluding hydrogens is 456 g/mol. The summed E-state index contributed by atoms with van der Waals surface area (Å²) in [5.41, 5.74) is 3.18. The standard InChI is InChI=1S/C28H22N4O4/c1-18(29-25-9-5-7-19-6-3-4-8-24(19)25)26-27(20-10-16-23(36-2)17-11-20)30-31(28(26)33)21-12-14-22(15-13-21)32(34)35/h3-17,30H,1-2H3. The van der Waals surface area contributed by atoms with Crippen LogP contribution < -0.4 is 10.3 Å². The monoisotopic (exact) mass is 478 g/mol. The molecule has 0 amide bonds. The van der Waals surface area contributed by atoms with Gasteiger partial charge in [0.2, 0.25) is 0 Å². The second kappa shape index (κ2) is 9.34. The highest BCUT2D eigenvalue weighted by molar-refractivity contribution is 6.06. The molecule has 0 radical (unpaired) electrons. The lowest BCUT2D eigenvalue weighted by atomic mass is 10.0. The number of nitrogens with zero attached hydrogens (tertiary/aromatic N) is 3. The fraction of sp³-hybridized carbons (Fsp3) is 0.0714. The van der Waals surface area contributed by atoms with Gasteiger partial charge in [-0.05, 0) is 54.8 Å². The number of hydrogen-bond donors (Lipinski definition) is 1. The van der Waals surface area contributed by atoms with Crippen molar-refractivity contribution in [3.63, 3.8) is 0 Å². The van der Waals surface area contributed by atoms with Crippen LogP contribution >= 0.6 is 0 Å². The van der Waals surface area contributed by atoms with Crippen LogP contribution in [-0.4, -0.2) is 27.5 Å². The van der Waals surface area contributed by atoms with E-state index in [-0.39, 0.29) is 11.2 Å². The van der Waals surface area contributed by atoms with E-state index < -0.39 is 4.92 Å². The number of ether oxygens (including phenoxy) is 1. The highest BCUT2D eigenvalue weighted by Crippen LogP contribution is 2.29. The molecule has 0 atom stereocenters. The van der Waals surface area contributed by atoms with E-state index in [1.807, 2.05) is 66.7 Å². The normalized spacial score (nSPS) is 11.6. The Morgan fingerprint density at radius 3 is 2.33 bits per heavy atom. The van der Waals surface area contributed by atoms with Crippen molar-refractivity contribution in [1.29, 1.82) is 0 Å². The summed E-state index contributed by atoms with van der Waals surface area (Å²) in [7, 11) is 1.59. The van der Waals surface area contributed by atoms with Gasteiger partial charge in [0.1, 0.15) is 5.75 Å². The lowest BCUT2D eigenvalue weighted by Crippen LogP contribution is -2.19. The lowest BCUT2D eigenvalue weighted by Gasteiger charge is -2.06. The Morgan fingerprint density at radius 2 is 1.64 bits per heavy atom. The van der Waals surface area contributed by atoms with Crippen LogP contribution in [0.2, 0.25) is 0 Å². The van der Waals surface area contributed by atoms with Crippen LogP contribution in [0.15, 0.2) is 101 Å². The third kappa shape index (κ3) is 4.16. The van der Waals surface area contributed by atoms with Gasteiger partial charge in [-0.3, -0.25) is 25.0 Å². The maximum absolute atomic E-state index is 13.7. The molecule has 0 aliphatic heterocycles. The molecule has 1 N–H and O–H groups in total. The first-order chi connectivity index (χ1) is 17.5. The summed E-state index contributed by atoms with van der Waals surface area (Å²) < 4.78 is 6.65. The third-order valence-electron chi connectivity index (χ3n) is 6.00.